The molecule has 1 rings (SSSR count). The van der Waals surface area contributed by atoms with Gasteiger partial charge in [-0.25, -0.2) is 0 Å². The van der Waals surface area contributed by atoms with E-state index in [9.17, 15) is 0 Å². The molecule has 0 bridgehead atoms. The average Bonchev–Trinajstić information content (AvgIpc) is 2.34. The molecule has 2 heteroatoms. The molecule has 0 fully saturated rings. The minimum Gasteiger partial charge on any atom is -0.493 e. The molecular formula is C18H31NO. The maximum Gasteiger partial charge on any atom is 0.122 e. The van der Waals surface area contributed by atoms with E-state index in [0.29, 0.717) is 0 Å². The third-order valence-corrected chi connectivity index (χ3v) is 3.51. The smallest absolute Gasteiger partial charge is 0.122 e. The van der Waals surface area contributed by atoms with Crippen LogP contribution >= 0.6 is 0 Å². The molecule has 0 radical (unpaired) electrons. The van der Waals surface area contributed by atoms with Crippen molar-refractivity contribution in [2.75, 3.05) is 19.7 Å². The Morgan fingerprint density at radius 1 is 1.10 bits per heavy atom. The van der Waals surface area contributed by atoms with Crippen molar-refractivity contribution in [3.63, 3.8) is 0 Å². The predicted molar refractivity (Wildman–Crippen MR) is 87.7 cm³/mol. The first-order valence-corrected chi connectivity index (χ1v) is 7.60. The van der Waals surface area contributed by atoms with Gasteiger partial charge in [0, 0.05) is 12.0 Å². The van der Waals surface area contributed by atoms with Crippen LogP contribution in [0.2, 0.25) is 0 Å². The van der Waals surface area contributed by atoms with Gasteiger partial charge in [0.1, 0.15) is 5.75 Å². The highest BCUT2D eigenvalue weighted by Crippen LogP contribution is 2.28. The van der Waals surface area contributed by atoms with E-state index in [1.807, 2.05) is 0 Å². The van der Waals surface area contributed by atoms with Crippen LogP contribution in [0.1, 0.15) is 52.7 Å². The Morgan fingerprint density at radius 3 is 2.25 bits per heavy atom. The SMILES string of the molecule is CCNCC(C)(C)COc1ccc(C(C)(C)C)cc1C. The maximum atomic E-state index is 6.03. The normalized spacial score (nSPS) is 12.6. The Hall–Kier alpha value is -1.02. The van der Waals surface area contributed by atoms with Crippen LogP contribution < -0.4 is 10.1 Å². The van der Waals surface area contributed by atoms with E-state index in [0.717, 1.165) is 25.4 Å². The molecule has 1 N–H and O–H groups in total. The summed E-state index contributed by atoms with van der Waals surface area (Å²) in [7, 11) is 0. The molecule has 0 aromatic heterocycles. The molecule has 2 nitrogen and oxygen atoms in total. The van der Waals surface area contributed by atoms with Crippen LogP contribution in [0.5, 0.6) is 5.75 Å². The average molecular weight is 277 g/mol. The van der Waals surface area contributed by atoms with Gasteiger partial charge in [0.25, 0.3) is 0 Å². The third-order valence-electron chi connectivity index (χ3n) is 3.51. The summed E-state index contributed by atoms with van der Waals surface area (Å²) in [5.74, 6) is 1.00. The second-order valence-electron chi connectivity index (χ2n) is 7.46. The molecule has 0 aliphatic heterocycles. The van der Waals surface area contributed by atoms with Gasteiger partial charge in [-0.15, -0.1) is 0 Å². The van der Waals surface area contributed by atoms with Gasteiger partial charge < -0.3 is 10.1 Å². The molecule has 0 heterocycles. The second kappa shape index (κ2) is 6.62. The Labute approximate surface area is 124 Å². The van der Waals surface area contributed by atoms with Gasteiger partial charge in [0.2, 0.25) is 0 Å². The lowest BCUT2D eigenvalue weighted by molar-refractivity contribution is 0.176. The van der Waals surface area contributed by atoms with Crippen LogP contribution in [0.4, 0.5) is 0 Å². The molecule has 0 saturated carbocycles. The van der Waals surface area contributed by atoms with E-state index in [1.165, 1.54) is 11.1 Å². The molecule has 20 heavy (non-hydrogen) atoms. The summed E-state index contributed by atoms with van der Waals surface area (Å²) < 4.78 is 6.03. The monoisotopic (exact) mass is 277 g/mol. The fourth-order valence-electron chi connectivity index (χ4n) is 2.07. The van der Waals surface area contributed by atoms with Crippen LogP contribution in [0.25, 0.3) is 0 Å². The van der Waals surface area contributed by atoms with Crippen LogP contribution in [-0.2, 0) is 5.41 Å². The van der Waals surface area contributed by atoms with Crippen molar-refractivity contribution in [1.82, 2.24) is 5.32 Å². The number of hydrogen-bond acceptors (Lipinski definition) is 2. The summed E-state index contributed by atoms with van der Waals surface area (Å²) >= 11 is 0. The summed E-state index contributed by atoms with van der Waals surface area (Å²) in [5.41, 5.74) is 2.91. The van der Waals surface area contributed by atoms with E-state index in [-0.39, 0.29) is 10.8 Å². The lowest BCUT2D eigenvalue weighted by atomic mass is 9.86. The van der Waals surface area contributed by atoms with Gasteiger partial charge in [0.15, 0.2) is 0 Å². The van der Waals surface area contributed by atoms with Crippen LogP contribution in [0, 0.1) is 12.3 Å². The number of benzene rings is 1. The molecular weight excluding hydrogens is 246 g/mol. The number of hydrogen-bond donors (Lipinski definition) is 1. The molecule has 0 atom stereocenters. The van der Waals surface area contributed by atoms with Crippen LogP contribution in [0.3, 0.4) is 0 Å². The third kappa shape index (κ3) is 5.16. The van der Waals surface area contributed by atoms with Crippen molar-refractivity contribution >= 4 is 0 Å². The fourth-order valence-corrected chi connectivity index (χ4v) is 2.07. The predicted octanol–water partition coefficient (Wildman–Crippen LogP) is 4.31. The molecule has 0 unspecified atom stereocenters. The van der Waals surface area contributed by atoms with E-state index in [1.54, 1.807) is 0 Å². The molecule has 0 spiro atoms. The minimum absolute atomic E-state index is 0.144. The van der Waals surface area contributed by atoms with Gasteiger partial charge in [-0.05, 0) is 36.1 Å². The number of rotatable bonds is 6. The Bertz CT molecular complexity index is 430. The van der Waals surface area contributed by atoms with Crippen molar-refractivity contribution in [1.29, 1.82) is 0 Å². The van der Waals surface area contributed by atoms with Gasteiger partial charge in [-0.1, -0.05) is 53.7 Å². The first-order chi connectivity index (χ1) is 9.15. The van der Waals surface area contributed by atoms with E-state index in [4.69, 9.17) is 4.74 Å². The summed E-state index contributed by atoms with van der Waals surface area (Å²) in [4.78, 5) is 0. The highest BCUT2D eigenvalue weighted by atomic mass is 16.5. The van der Waals surface area contributed by atoms with Crippen molar-refractivity contribution in [3.8, 4) is 5.75 Å². The molecule has 114 valence electrons. The highest BCUT2D eigenvalue weighted by molar-refractivity contribution is 5.38. The second-order valence-corrected chi connectivity index (χ2v) is 7.46. The minimum atomic E-state index is 0.144. The zero-order chi connectivity index (χ0) is 15.4. The molecule has 1 aromatic carbocycles. The molecule has 0 aliphatic rings. The Balaban J connectivity index is 2.70. The summed E-state index contributed by atoms with van der Waals surface area (Å²) in [5, 5.41) is 3.39. The van der Waals surface area contributed by atoms with Gasteiger partial charge in [-0.3, -0.25) is 0 Å². The zero-order valence-corrected chi connectivity index (χ0v) is 14.3. The molecule has 0 saturated heterocycles. The highest BCUT2D eigenvalue weighted by Gasteiger charge is 2.19. The first kappa shape index (κ1) is 17.0. The number of ether oxygens (including phenoxy) is 1. The fraction of sp³-hybridized carbons (Fsp3) is 0.667. The summed E-state index contributed by atoms with van der Waals surface area (Å²) in [6.45, 7) is 18.1. The van der Waals surface area contributed by atoms with Crippen molar-refractivity contribution in [2.45, 2.75) is 53.9 Å². The van der Waals surface area contributed by atoms with Gasteiger partial charge >= 0.3 is 0 Å². The molecule has 0 aliphatic carbocycles. The zero-order valence-electron chi connectivity index (χ0n) is 14.3. The molecule has 1 aromatic rings. The van der Waals surface area contributed by atoms with Crippen molar-refractivity contribution in [3.05, 3.63) is 29.3 Å². The molecule has 0 amide bonds. The van der Waals surface area contributed by atoms with Gasteiger partial charge in [0.05, 0.1) is 6.61 Å². The van der Waals surface area contributed by atoms with Crippen LogP contribution in [-0.4, -0.2) is 19.7 Å². The topological polar surface area (TPSA) is 21.3 Å². The summed E-state index contributed by atoms with van der Waals surface area (Å²) in [6, 6.07) is 6.53. The van der Waals surface area contributed by atoms with E-state index < -0.39 is 0 Å². The van der Waals surface area contributed by atoms with Crippen molar-refractivity contribution < 1.29 is 4.74 Å². The summed E-state index contributed by atoms with van der Waals surface area (Å²) in [6.07, 6.45) is 0. The lowest BCUT2D eigenvalue weighted by Gasteiger charge is -2.26. The largest absolute Gasteiger partial charge is 0.493 e. The number of aryl methyl sites for hydroxylation is 1. The Kier molecular flexibility index (Phi) is 5.64. The van der Waals surface area contributed by atoms with E-state index >= 15 is 0 Å². The number of nitrogens with one attached hydrogen (secondary N) is 1. The lowest BCUT2D eigenvalue weighted by Crippen LogP contribution is -2.34. The maximum absolute atomic E-state index is 6.03. The van der Waals surface area contributed by atoms with Crippen LogP contribution in [0.15, 0.2) is 18.2 Å². The van der Waals surface area contributed by atoms with Crippen molar-refractivity contribution in [2.24, 2.45) is 5.41 Å². The van der Waals surface area contributed by atoms with Gasteiger partial charge in [-0.2, -0.15) is 0 Å². The first-order valence-electron chi connectivity index (χ1n) is 7.60. The Morgan fingerprint density at radius 2 is 1.75 bits per heavy atom. The quantitative estimate of drug-likeness (QED) is 0.836. The standard InChI is InChI=1S/C18H31NO/c1-8-19-12-18(6,7)13-20-16-10-9-15(11-14(16)2)17(3,4)5/h9-11,19H,8,12-13H2,1-7H3. The van der Waals surface area contributed by atoms with E-state index in [2.05, 4.69) is 72.0 Å².